The molecule has 0 bridgehead atoms. The number of hydrogen-bond donors (Lipinski definition) is 2. The lowest BCUT2D eigenvalue weighted by Gasteiger charge is -2.26. The zero-order valence-electron chi connectivity index (χ0n) is 18.3. The summed E-state index contributed by atoms with van der Waals surface area (Å²) in [5, 5.41) is 11.4. The molecule has 0 radical (unpaired) electrons. The molecule has 2 aliphatic rings. The number of likely N-dealkylation sites (tertiary alicyclic amines) is 1. The summed E-state index contributed by atoms with van der Waals surface area (Å²) < 4.78 is 1.91. The minimum atomic E-state index is 0. The topological polar surface area (TPSA) is 74.6 Å². The maximum Gasteiger partial charge on any atom is 0.225 e. The molecule has 8 heteroatoms. The van der Waals surface area contributed by atoms with Crippen molar-refractivity contribution in [3.05, 3.63) is 17.0 Å². The molecule has 7 nitrogen and oxygen atoms in total. The Kier molecular flexibility index (Phi) is 9.23. The average Bonchev–Trinajstić information content (AvgIpc) is 3.25. The Morgan fingerprint density at radius 1 is 1.21 bits per heavy atom. The predicted molar refractivity (Wildman–Crippen MR) is 128 cm³/mol. The fourth-order valence-corrected chi connectivity index (χ4v) is 4.40. The minimum Gasteiger partial charge on any atom is -0.357 e. The maximum atomic E-state index is 12.8. The van der Waals surface area contributed by atoms with Crippen molar-refractivity contribution < 1.29 is 4.79 Å². The minimum absolute atomic E-state index is 0. The summed E-state index contributed by atoms with van der Waals surface area (Å²) in [6, 6.07) is 0.265. The number of amides is 1. The summed E-state index contributed by atoms with van der Waals surface area (Å²) in [7, 11) is 1.97. The van der Waals surface area contributed by atoms with Gasteiger partial charge in [-0.3, -0.25) is 9.48 Å². The highest BCUT2D eigenvalue weighted by Crippen LogP contribution is 2.26. The van der Waals surface area contributed by atoms with Gasteiger partial charge in [0.1, 0.15) is 0 Å². The Morgan fingerprint density at radius 3 is 2.55 bits per heavy atom. The van der Waals surface area contributed by atoms with Gasteiger partial charge >= 0.3 is 0 Å². The van der Waals surface area contributed by atoms with E-state index in [1.165, 1.54) is 24.8 Å². The average molecular weight is 516 g/mol. The lowest BCUT2D eigenvalue weighted by Crippen LogP contribution is -2.45. The standard InChI is InChI=1S/C21H36N6O.HI/c1-5-22-21(23-13-19-15(2)25-26(4)16(19)3)24-18-11-12-27(14-18)20(28)17-9-7-6-8-10-17;/h17-18H,5-14H2,1-4H3,(H2,22,23,24);1H. The van der Waals surface area contributed by atoms with Gasteiger partial charge in [-0.15, -0.1) is 24.0 Å². The first-order valence-electron chi connectivity index (χ1n) is 10.8. The first kappa shape index (κ1) is 24.0. The molecule has 1 aromatic heterocycles. The lowest BCUT2D eigenvalue weighted by molar-refractivity contribution is -0.135. The molecule has 3 rings (SSSR count). The highest BCUT2D eigenvalue weighted by molar-refractivity contribution is 14.0. The molecule has 29 heavy (non-hydrogen) atoms. The van der Waals surface area contributed by atoms with Crippen molar-refractivity contribution >= 4 is 35.8 Å². The van der Waals surface area contributed by atoms with Crippen LogP contribution in [0.4, 0.5) is 0 Å². The van der Waals surface area contributed by atoms with Crippen molar-refractivity contribution in [1.29, 1.82) is 0 Å². The number of rotatable bonds is 5. The molecular weight excluding hydrogens is 479 g/mol. The third kappa shape index (κ3) is 6.08. The number of aryl methyl sites for hydroxylation is 2. The molecule has 1 saturated heterocycles. The van der Waals surface area contributed by atoms with Gasteiger partial charge in [0.05, 0.1) is 12.2 Å². The Balaban J connectivity index is 0.00000300. The third-order valence-corrected chi connectivity index (χ3v) is 6.19. The summed E-state index contributed by atoms with van der Waals surface area (Å²) >= 11 is 0. The molecular formula is C21H37IN6O. The van der Waals surface area contributed by atoms with Crippen molar-refractivity contribution in [2.24, 2.45) is 18.0 Å². The number of nitrogens with zero attached hydrogens (tertiary/aromatic N) is 4. The number of carbonyl (C=O) groups excluding carboxylic acids is 1. The fraction of sp³-hybridized carbons (Fsp3) is 0.762. The number of hydrogen-bond acceptors (Lipinski definition) is 3. The van der Waals surface area contributed by atoms with Crippen molar-refractivity contribution in [2.75, 3.05) is 19.6 Å². The van der Waals surface area contributed by atoms with Gasteiger partial charge in [-0.2, -0.15) is 5.10 Å². The van der Waals surface area contributed by atoms with Crippen LogP contribution in [-0.2, 0) is 18.4 Å². The molecule has 1 aromatic rings. The van der Waals surface area contributed by atoms with Crippen molar-refractivity contribution in [2.45, 2.75) is 71.9 Å². The number of nitrogens with one attached hydrogen (secondary N) is 2. The molecule has 0 spiro atoms. The van der Waals surface area contributed by atoms with Crippen LogP contribution >= 0.6 is 24.0 Å². The van der Waals surface area contributed by atoms with Crippen LogP contribution < -0.4 is 10.6 Å². The van der Waals surface area contributed by atoms with E-state index in [0.717, 1.165) is 56.2 Å². The number of carbonyl (C=O) groups is 1. The van der Waals surface area contributed by atoms with E-state index in [1.807, 2.05) is 18.7 Å². The highest BCUT2D eigenvalue weighted by Gasteiger charge is 2.31. The van der Waals surface area contributed by atoms with Crippen LogP contribution in [0.5, 0.6) is 0 Å². The third-order valence-electron chi connectivity index (χ3n) is 6.19. The van der Waals surface area contributed by atoms with Gasteiger partial charge in [0, 0.05) is 49.9 Å². The van der Waals surface area contributed by atoms with Gasteiger partial charge in [0.2, 0.25) is 5.91 Å². The van der Waals surface area contributed by atoms with Crippen LogP contribution in [0, 0.1) is 19.8 Å². The van der Waals surface area contributed by atoms with Gasteiger partial charge in [0.15, 0.2) is 5.96 Å². The zero-order valence-corrected chi connectivity index (χ0v) is 20.7. The van der Waals surface area contributed by atoms with Crippen molar-refractivity contribution in [3.8, 4) is 0 Å². The monoisotopic (exact) mass is 516 g/mol. The van der Waals surface area contributed by atoms with Gasteiger partial charge in [-0.1, -0.05) is 19.3 Å². The molecule has 2 N–H and O–H groups in total. The van der Waals surface area contributed by atoms with E-state index in [9.17, 15) is 4.79 Å². The van der Waals surface area contributed by atoms with Crippen LogP contribution in [0.3, 0.4) is 0 Å². The van der Waals surface area contributed by atoms with Gasteiger partial charge < -0.3 is 15.5 Å². The Morgan fingerprint density at radius 2 is 1.93 bits per heavy atom. The van der Waals surface area contributed by atoms with Crippen LogP contribution in [0.1, 0.15) is 62.4 Å². The molecule has 1 atom stereocenters. The normalized spacial score (nSPS) is 20.5. The Labute approximate surface area is 192 Å². The molecule has 1 unspecified atom stereocenters. The number of guanidine groups is 1. The highest BCUT2D eigenvalue weighted by atomic mass is 127. The summed E-state index contributed by atoms with van der Waals surface area (Å²) in [5.41, 5.74) is 3.37. The summed E-state index contributed by atoms with van der Waals surface area (Å²) in [6.45, 7) is 9.25. The predicted octanol–water partition coefficient (Wildman–Crippen LogP) is 2.89. The second kappa shape index (κ2) is 11.2. The van der Waals surface area contributed by atoms with E-state index < -0.39 is 0 Å². The SMILES string of the molecule is CCNC(=NCc1c(C)nn(C)c1C)NC1CCN(C(=O)C2CCCCC2)C1.I. The van der Waals surface area contributed by atoms with Gasteiger partial charge in [-0.05, 0) is 40.0 Å². The maximum absolute atomic E-state index is 12.8. The van der Waals surface area contributed by atoms with Crippen LogP contribution in [0.15, 0.2) is 4.99 Å². The number of halogens is 1. The molecule has 164 valence electrons. The Hall–Kier alpha value is -1.32. The van der Waals surface area contributed by atoms with E-state index in [4.69, 9.17) is 4.99 Å². The number of aliphatic imine (C=N–C) groups is 1. The summed E-state index contributed by atoms with van der Waals surface area (Å²) in [5.74, 6) is 1.45. The molecule has 2 heterocycles. The second-order valence-corrected chi connectivity index (χ2v) is 8.22. The molecule has 1 saturated carbocycles. The molecule has 2 fully saturated rings. The molecule has 1 aliphatic carbocycles. The first-order chi connectivity index (χ1) is 13.5. The van der Waals surface area contributed by atoms with E-state index in [0.29, 0.717) is 12.5 Å². The van der Waals surface area contributed by atoms with Crippen LogP contribution in [0.2, 0.25) is 0 Å². The molecule has 1 aliphatic heterocycles. The first-order valence-corrected chi connectivity index (χ1v) is 10.8. The van der Waals surface area contributed by atoms with E-state index in [-0.39, 0.29) is 35.9 Å². The fourth-order valence-electron chi connectivity index (χ4n) is 4.40. The second-order valence-electron chi connectivity index (χ2n) is 8.22. The van der Waals surface area contributed by atoms with Crippen molar-refractivity contribution in [1.82, 2.24) is 25.3 Å². The Bertz CT molecular complexity index is 710. The van der Waals surface area contributed by atoms with Crippen LogP contribution in [-0.4, -0.2) is 52.2 Å². The van der Waals surface area contributed by atoms with E-state index in [2.05, 4.69) is 34.5 Å². The molecule has 1 amide bonds. The van der Waals surface area contributed by atoms with Crippen molar-refractivity contribution in [3.63, 3.8) is 0 Å². The van der Waals surface area contributed by atoms with Crippen LogP contribution in [0.25, 0.3) is 0 Å². The lowest BCUT2D eigenvalue weighted by atomic mass is 9.88. The summed E-state index contributed by atoms with van der Waals surface area (Å²) in [6.07, 6.45) is 6.81. The van der Waals surface area contributed by atoms with Gasteiger partial charge in [0.25, 0.3) is 0 Å². The van der Waals surface area contributed by atoms with E-state index in [1.54, 1.807) is 0 Å². The largest absolute Gasteiger partial charge is 0.357 e. The molecule has 0 aromatic carbocycles. The zero-order chi connectivity index (χ0) is 20.1. The van der Waals surface area contributed by atoms with E-state index >= 15 is 0 Å². The van der Waals surface area contributed by atoms with Gasteiger partial charge in [-0.25, -0.2) is 4.99 Å². The number of aromatic nitrogens is 2. The quantitative estimate of drug-likeness (QED) is 0.359. The smallest absolute Gasteiger partial charge is 0.225 e. The summed E-state index contributed by atoms with van der Waals surface area (Å²) in [4.78, 5) is 19.6.